The molecule has 2 nitrogen and oxygen atoms in total. The molecular formula is C20H29BrN2. The van der Waals surface area contributed by atoms with Crippen LogP contribution in [0.3, 0.4) is 0 Å². The molecule has 0 radical (unpaired) electrons. The number of hydrogen-bond donors (Lipinski definition) is 2. The summed E-state index contributed by atoms with van der Waals surface area (Å²) in [6.07, 6.45) is 0. The van der Waals surface area contributed by atoms with Crippen LogP contribution < -0.4 is 11.5 Å². The van der Waals surface area contributed by atoms with Crippen molar-refractivity contribution in [1.82, 2.24) is 0 Å². The SMILES string of the molecule is CC(C)(C)c1ccc(N)c(Br)c1.CC(C)(C)c1ccc(N)cc1. The molecule has 126 valence electrons. The van der Waals surface area contributed by atoms with E-state index in [-0.39, 0.29) is 10.8 Å². The number of benzene rings is 2. The summed E-state index contributed by atoms with van der Waals surface area (Å²) >= 11 is 3.41. The summed E-state index contributed by atoms with van der Waals surface area (Å²) in [5, 5.41) is 0. The van der Waals surface area contributed by atoms with Crippen LogP contribution in [0.25, 0.3) is 0 Å². The van der Waals surface area contributed by atoms with Gasteiger partial charge in [-0.3, -0.25) is 0 Å². The minimum atomic E-state index is 0.191. The van der Waals surface area contributed by atoms with E-state index in [1.54, 1.807) is 0 Å². The third-order valence-electron chi connectivity index (χ3n) is 3.64. The van der Waals surface area contributed by atoms with Gasteiger partial charge < -0.3 is 11.5 Å². The molecule has 2 rings (SSSR count). The van der Waals surface area contributed by atoms with Gasteiger partial charge in [0.05, 0.1) is 0 Å². The predicted octanol–water partition coefficient (Wildman–Crippen LogP) is 5.90. The number of nitrogens with two attached hydrogens (primary N) is 2. The molecule has 0 aromatic heterocycles. The van der Waals surface area contributed by atoms with Gasteiger partial charge in [-0.2, -0.15) is 0 Å². The molecule has 23 heavy (non-hydrogen) atoms. The molecule has 0 unspecified atom stereocenters. The van der Waals surface area contributed by atoms with Gasteiger partial charge in [-0.25, -0.2) is 0 Å². The largest absolute Gasteiger partial charge is 0.399 e. The highest BCUT2D eigenvalue weighted by molar-refractivity contribution is 9.10. The zero-order chi connectivity index (χ0) is 17.8. The molecule has 0 saturated carbocycles. The van der Waals surface area contributed by atoms with Crippen molar-refractivity contribution in [3.63, 3.8) is 0 Å². The molecule has 0 aliphatic heterocycles. The van der Waals surface area contributed by atoms with Crippen LogP contribution in [-0.4, -0.2) is 0 Å². The second kappa shape index (κ2) is 7.39. The first-order chi connectivity index (χ1) is 10.4. The van der Waals surface area contributed by atoms with Crippen LogP contribution >= 0.6 is 15.9 Å². The molecule has 4 N–H and O–H groups in total. The Labute approximate surface area is 149 Å². The summed E-state index contributed by atoms with van der Waals surface area (Å²) in [6, 6.07) is 14.1. The summed E-state index contributed by atoms with van der Waals surface area (Å²) in [6.45, 7) is 13.1. The molecule has 0 atom stereocenters. The third-order valence-corrected chi connectivity index (χ3v) is 4.33. The van der Waals surface area contributed by atoms with Crippen LogP contribution in [0.2, 0.25) is 0 Å². The minimum absolute atomic E-state index is 0.191. The Kier molecular flexibility index (Phi) is 6.29. The molecule has 0 bridgehead atoms. The van der Waals surface area contributed by atoms with Crippen LogP contribution in [0.5, 0.6) is 0 Å². The van der Waals surface area contributed by atoms with Crippen molar-refractivity contribution >= 4 is 27.3 Å². The van der Waals surface area contributed by atoms with Crippen molar-refractivity contribution in [1.29, 1.82) is 0 Å². The summed E-state index contributed by atoms with van der Waals surface area (Å²) in [5.41, 5.74) is 15.9. The van der Waals surface area contributed by atoms with Gasteiger partial charge in [0.1, 0.15) is 0 Å². The van der Waals surface area contributed by atoms with Crippen molar-refractivity contribution in [3.05, 3.63) is 58.1 Å². The molecule has 2 aromatic carbocycles. The van der Waals surface area contributed by atoms with E-state index in [0.29, 0.717) is 0 Å². The number of nitrogen functional groups attached to an aromatic ring is 2. The summed E-state index contributed by atoms with van der Waals surface area (Å²) in [7, 11) is 0. The monoisotopic (exact) mass is 376 g/mol. The van der Waals surface area contributed by atoms with Crippen LogP contribution in [-0.2, 0) is 10.8 Å². The van der Waals surface area contributed by atoms with E-state index in [1.165, 1.54) is 11.1 Å². The molecule has 0 fully saturated rings. The lowest BCUT2D eigenvalue weighted by atomic mass is 9.87. The highest BCUT2D eigenvalue weighted by Gasteiger charge is 2.14. The Hall–Kier alpha value is -1.48. The van der Waals surface area contributed by atoms with E-state index in [1.807, 2.05) is 18.2 Å². The fourth-order valence-electron chi connectivity index (χ4n) is 1.98. The predicted molar refractivity (Wildman–Crippen MR) is 107 cm³/mol. The third kappa shape index (κ3) is 6.26. The van der Waals surface area contributed by atoms with E-state index in [2.05, 4.69) is 81.7 Å². The van der Waals surface area contributed by atoms with Gasteiger partial charge in [0.15, 0.2) is 0 Å². The number of rotatable bonds is 0. The molecule has 3 heteroatoms. The van der Waals surface area contributed by atoms with E-state index < -0.39 is 0 Å². The normalized spacial score (nSPS) is 11.6. The Morgan fingerprint density at radius 3 is 1.52 bits per heavy atom. The van der Waals surface area contributed by atoms with E-state index in [0.717, 1.165) is 15.8 Å². The topological polar surface area (TPSA) is 52.0 Å². The Balaban J connectivity index is 0.000000231. The Bertz CT molecular complexity index is 632. The minimum Gasteiger partial charge on any atom is -0.399 e. The number of hydrogen-bond acceptors (Lipinski definition) is 2. The number of halogens is 1. The molecule has 0 amide bonds. The van der Waals surface area contributed by atoms with Crippen LogP contribution in [0.4, 0.5) is 11.4 Å². The van der Waals surface area contributed by atoms with Crippen molar-refractivity contribution < 1.29 is 0 Å². The smallest absolute Gasteiger partial charge is 0.0458 e. The standard InChI is InChI=1S/C10H14BrN.C10H15N/c1-10(2,3)7-4-5-9(12)8(11)6-7;1-10(2,3)8-4-6-9(11)7-5-8/h4-6H,12H2,1-3H3;4-7H,11H2,1-3H3. The van der Waals surface area contributed by atoms with Gasteiger partial charge in [0, 0.05) is 15.8 Å². The van der Waals surface area contributed by atoms with Gasteiger partial charge in [-0.1, -0.05) is 59.7 Å². The lowest BCUT2D eigenvalue weighted by Crippen LogP contribution is -2.10. The Morgan fingerprint density at radius 2 is 1.13 bits per heavy atom. The van der Waals surface area contributed by atoms with Crippen LogP contribution in [0, 0.1) is 0 Å². The van der Waals surface area contributed by atoms with Crippen molar-refractivity contribution in [3.8, 4) is 0 Å². The van der Waals surface area contributed by atoms with E-state index in [4.69, 9.17) is 11.5 Å². The average molecular weight is 377 g/mol. The zero-order valence-electron chi connectivity index (χ0n) is 15.1. The van der Waals surface area contributed by atoms with E-state index in [9.17, 15) is 0 Å². The Morgan fingerprint density at radius 1 is 0.696 bits per heavy atom. The average Bonchev–Trinajstić information content (AvgIpc) is 2.41. The molecule has 2 aromatic rings. The maximum atomic E-state index is 5.69. The molecular weight excluding hydrogens is 348 g/mol. The van der Waals surface area contributed by atoms with Gasteiger partial charge in [0.25, 0.3) is 0 Å². The summed E-state index contributed by atoms with van der Waals surface area (Å²) in [5.74, 6) is 0. The van der Waals surface area contributed by atoms with Crippen molar-refractivity contribution in [2.24, 2.45) is 0 Å². The molecule has 0 aliphatic carbocycles. The lowest BCUT2D eigenvalue weighted by molar-refractivity contribution is 0.590. The first-order valence-electron chi connectivity index (χ1n) is 7.83. The van der Waals surface area contributed by atoms with Gasteiger partial charge in [-0.15, -0.1) is 0 Å². The lowest BCUT2D eigenvalue weighted by Gasteiger charge is -2.19. The fraction of sp³-hybridized carbons (Fsp3) is 0.400. The van der Waals surface area contributed by atoms with Crippen molar-refractivity contribution in [2.75, 3.05) is 11.5 Å². The highest BCUT2D eigenvalue weighted by atomic mass is 79.9. The maximum absolute atomic E-state index is 5.69. The van der Waals surface area contributed by atoms with Gasteiger partial charge in [-0.05, 0) is 62.2 Å². The maximum Gasteiger partial charge on any atom is 0.0458 e. The highest BCUT2D eigenvalue weighted by Crippen LogP contribution is 2.28. The number of anilines is 2. The summed E-state index contributed by atoms with van der Waals surface area (Å²) in [4.78, 5) is 0. The first kappa shape index (κ1) is 19.6. The fourth-order valence-corrected chi connectivity index (χ4v) is 2.36. The van der Waals surface area contributed by atoms with Crippen LogP contribution in [0.1, 0.15) is 52.7 Å². The quantitative estimate of drug-likeness (QED) is 0.562. The molecule has 0 aliphatic rings. The first-order valence-corrected chi connectivity index (χ1v) is 8.62. The zero-order valence-corrected chi connectivity index (χ0v) is 16.7. The molecule has 0 spiro atoms. The van der Waals surface area contributed by atoms with Gasteiger partial charge >= 0.3 is 0 Å². The second-order valence-electron chi connectivity index (χ2n) is 7.86. The van der Waals surface area contributed by atoms with Gasteiger partial charge in [0.2, 0.25) is 0 Å². The van der Waals surface area contributed by atoms with Crippen molar-refractivity contribution in [2.45, 2.75) is 52.4 Å². The second-order valence-corrected chi connectivity index (χ2v) is 8.71. The molecule has 0 saturated heterocycles. The molecule has 0 heterocycles. The van der Waals surface area contributed by atoms with Crippen LogP contribution in [0.15, 0.2) is 46.9 Å². The summed E-state index contributed by atoms with van der Waals surface area (Å²) < 4.78 is 0.981. The van der Waals surface area contributed by atoms with E-state index >= 15 is 0 Å².